The average Bonchev–Trinajstić information content (AvgIpc) is 2.35. The van der Waals surface area contributed by atoms with Crippen molar-refractivity contribution in [3.05, 3.63) is 16.7 Å². The lowest BCUT2D eigenvalue weighted by Gasteiger charge is -2.18. The normalized spacial score (nSPS) is 11.8. The largest absolute Gasteiger partial charge is 0.307 e. The Bertz CT molecular complexity index is 507. The van der Waals surface area contributed by atoms with Crippen molar-refractivity contribution in [1.82, 2.24) is 9.29 Å². The van der Waals surface area contributed by atoms with E-state index in [4.69, 9.17) is 5.84 Å². The van der Waals surface area contributed by atoms with Crippen LogP contribution in [0.25, 0.3) is 0 Å². The molecule has 1 aromatic heterocycles. The van der Waals surface area contributed by atoms with Crippen LogP contribution in [-0.4, -0.2) is 31.3 Å². The first-order valence-corrected chi connectivity index (χ1v) is 7.75. The molecule has 0 unspecified atom stereocenters. The van der Waals surface area contributed by atoms with Gasteiger partial charge in [0.15, 0.2) is 5.82 Å². The molecule has 0 bridgehead atoms. The Labute approximate surface area is 116 Å². The third kappa shape index (κ3) is 3.41. The van der Waals surface area contributed by atoms with E-state index in [9.17, 15) is 8.42 Å². The van der Waals surface area contributed by atoms with Crippen LogP contribution >= 0.6 is 15.9 Å². The van der Waals surface area contributed by atoms with E-state index < -0.39 is 10.0 Å². The van der Waals surface area contributed by atoms with Crippen molar-refractivity contribution < 1.29 is 8.42 Å². The molecule has 0 aromatic carbocycles. The molecule has 0 radical (unpaired) electrons. The highest BCUT2D eigenvalue weighted by Gasteiger charge is 2.24. The monoisotopic (exact) mass is 336 g/mol. The first-order chi connectivity index (χ1) is 8.43. The highest BCUT2D eigenvalue weighted by atomic mass is 79.9. The van der Waals surface area contributed by atoms with Crippen molar-refractivity contribution >= 4 is 31.8 Å². The van der Waals surface area contributed by atoms with Gasteiger partial charge in [0.1, 0.15) is 4.90 Å². The van der Waals surface area contributed by atoms with Crippen LogP contribution in [0.4, 0.5) is 5.82 Å². The fourth-order valence-corrected chi connectivity index (χ4v) is 3.21. The lowest BCUT2D eigenvalue weighted by atomic mass is 10.3. The van der Waals surface area contributed by atoms with Gasteiger partial charge in [-0.1, -0.05) is 13.3 Å². The Morgan fingerprint density at radius 3 is 2.78 bits per heavy atom. The van der Waals surface area contributed by atoms with Crippen molar-refractivity contribution in [2.45, 2.75) is 24.7 Å². The summed E-state index contributed by atoms with van der Waals surface area (Å²) < 4.78 is 26.6. The number of hydrogen-bond donors (Lipinski definition) is 2. The van der Waals surface area contributed by atoms with Crippen LogP contribution in [0.1, 0.15) is 19.8 Å². The predicted octanol–water partition coefficient (Wildman–Crippen LogP) is 1.55. The molecule has 3 N–H and O–H groups in total. The average molecular weight is 337 g/mol. The number of aromatic nitrogens is 1. The third-order valence-corrected chi connectivity index (χ3v) is 4.77. The topological polar surface area (TPSA) is 88.3 Å². The number of hydrogen-bond acceptors (Lipinski definition) is 5. The summed E-state index contributed by atoms with van der Waals surface area (Å²) in [7, 11) is -2.03. The zero-order valence-corrected chi connectivity index (χ0v) is 12.8. The number of anilines is 1. The van der Waals surface area contributed by atoms with Gasteiger partial charge in [0.05, 0.1) is 0 Å². The van der Waals surface area contributed by atoms with Gasteiger partial charge in [-0.05, 0) is 28.4 Å². The Balaban J connectivity index is 3.14. The molecule has 102 valence electrons. The van der Waals surface area contributed by atoms with Gasteiger partial charge in [0.25, 0.3) is 0 Å². The Kier molecular flexibility index (Phi) is 5.51. The van der Waals surface area contributed by atoms with Crippen molar-refractivity contribution in [3.63, 3.8) is 0 Å². The van der Waals surface area contributed by atoms with Crippen LogP contribution in [0.3, 0.4) is 0 Å². The van der Waals surface area contributed by atoms with E-state index in [1.165, 1.54) is 16.6 Å². The molecular formula is C10H17BrN4O2S. The van der Waals surface area contributed by atoms with Crippen LogP contribution in [0.2, 0.25) is 0 Å². The molecule has 0 fully saturated rings. The minimum Gasteiger partial charge on any atom is -0.307 e. The fraction of sp³-hybridized carbons (Fsp3) is 0.500. The maximum absolute atomic E-state index is 12.3. The molecule has 0 spiro atoms. The number of nitrogens with two attached hydrogens (primary N) is 1. The molecule has 1 aromatic rings. The van der Waals surface area contributed by atoms with Gasteiger partial charge >= 0.3 is 0 Å². The standard InChI is InChI=1S/C10H17BrN4O2S/c1-3-4-5-15(2)18(16,17)9-6-8(11)7-13-10(9)14-12/h6-7H,3-5,12H2,1-2H3,(H,13,14). The number of unbranched alkanes of at least 4 members (excludes halogenated alkanes) is 1. The lowest BCUT2D eigenvalue weighted by molar-refractivity contribution is 0.459. The summed E-state index contributed by atoms with van der Waals surface area (Å²) in [5, 5.41) is 0. The molecule has 0 aliphatic rings. The van der Waals surface area contributed by atoms with Crippen LogP contribution in [0, 0.1) is 0 Å². The minimum absolute atomic E-state index is 0.0676. The Morgan fingerprint density at radius 1 is 1.56 bits per heavy atom. The van der Waals surface area contributed by atoms with Crippen LogP contribution in [0.15, 0.2) is 21.6 Å². The summed E-state index contributed by atoms with van der Waals surface area (Å²) in [6.45, 7) is 2.48. The fourth-order valence-electron chi connectivity index (χ4n) is 1.39. The number of halogens is 1. The molecule has 0 aliphatic heterocycles. The zero-order chi connectivity index (χ0) is 13.8. The smallest absolute Gasteiger partial charge is 0.246 e. The van der Waals surface area contributed by atoms with E-state index in [1.807, 2.05) is 6.92 Å². The summed E-state index contributed by atoms with van der Waals surface area (Å²) >= 11 is 3.21. The van der Waals surface area contributed by atoms with E-state index in [1.54, 1.807) is 7.05 Å². The number of nitrogens with zero attached hydrogens (tertiary/aromatic N) is 2. The quantitative estimate of drug-likeness (QED) is 0.607. The van der Waals surface area contributed by atoms with E-state index in [-0.39, 0.29) is 10.7 Å². The number of pyridine rings is 1. The SMILES string of the molecule is CCCCN(C)S(=O)(=O)c1cc(Br)cnc1NN. The van der Waals surface area contributed by atoms with Gasteiger partial charge in [-0.2, -0.15) is 0 Å². The van der Waals surface area contributed by atoms with E-state index in [2.05, 4.69) is 26.3 Å². The maximum atomic E-state index is 12.3. The third-order valence-electron chi connectivity index (χ3n) is 2.47. The highest BCUT2D eigenvalue weighted by molar-refractivity contribution is 9.10. The van der Waals surface area contributed by atoms with Gasteiger partial charge in [-0.15, -0.1) is 0 Å². The molecule has 0 amide bonds. The van der Waals surface area contributed by atoms with E-state index in [0.717, 1.165) is 12.8 Å². The molecule has 0 aliphatic carbocycles. The molecular weight excluding hydrogens is 320 g/mol. The molecule has 0 saturated carbocycles. The lowest BCUT2D eigenvalue weighted by Crippen LogP contribution is -2.29. The number of nitrogens with one attached hydrogen (secondary N) is 1. The number of rotatable bonds is 6. The van der Waals surface area contributed by atoms with Gasteiger partial charge in [-0.25, -0.2) is 23.5 Å². The van der Waals surface area contributed by atoms with Crippen molar-refractivity contribution in [2.24, 2.45) is 5.84 Å². The molecule has 1 heterocycles. The second-order valence-electron chi connectivity index (χ2n) is 3.82. The molecule has 1 rings (SSSR count). The van der Waals surface area contributed by atoms with E-state index in [0.29, 0.717) is 11.0 Å². The van der Waals surface area contributed by atoms with E-state index >= 15 is 0 Å². The number of nitrogen functional groups attached to an aromatic ring is 1. The van der Waals surface area contributed by atoms with Crippen LogP contribution < -0.4 is 11.3 Å². The van der Waals surface area contributed by atoms with Gasteiger partial charge in [0.2, 0.25) is 10.0 Å². The maximum Gasteiger partial charge on any atom is 0.246 e. The minimum atomic E-state index is -3.58. The summed E-state index contributed by atoms with van der Waals surface area (Å²) in [5.41, 5.74) is 2.30. The molecule has 6 nitrogen and oxygen atoms in total. The predicted molar refractivity (Wildman–Crippen MR) is 74.5 cm³/mol. The molecule has 0 saturated heterocycles. The van der Waals surface area contributed by atoms with Crippen molar-refractivity contribution in [3.8, 4) is 0 Å². The van der Waals surface area contributed by atoms with Gasteiger partial charge in [0, 0.05) is 24.3 Å². The summed E-state index contributed by atoms with van der Waals surface area (Å²) in [5.74, 6) is 5.43. The molecule has 8 heteroatoms. The van der Waals surface area contributed by atoms with Crippen molar-refractivity contribution in [2.75, 3.05) is 19.0 Å². The summed E-state index contributed by atoms with van der Waals surface area (Å²) in [4.78, 5) is 4.00. The summed E-state index contributed by atoms with van der Waals surface area (Å²) in [6, 6.07) is 1.49. The molecule has 18 heavy (non-hydrogen) atoms. The second-order valence-corrected chi connectivity index (χ2v) is 6.75. The first-order valence-electron chi connectivity index (χ1n) is 5.52. The van der Waals surface area contributed by atoms with Crippen LogP contribution in [-0.2, 0) is 10.0 Å². The van der Waals surface area contributed by atoms with Crippen molar-refractivity contribution in [1.29, 1.82) is 0 Å². The second kappa shape index (κ2) is 6.46. The van der Waals surface area contributed by atoms with Crippen LogP contribution in [0.5, 0.6) is 0 Å². The van der Waals surface area contributed by atoms with Gasteiger partial charge < -0.3 is 5.43 Å². The first kappa shape index (κ1) is 15.4. The zero-order valence-electron chi connectivity index (χ0n) is 10.4. The Morgan fingerprint density at radius 2 is 2.22 bits per heavy atom. The number of sulfonamides is 1. The number of hydrazine groups is 1. The highest BCUT2D eigenvalue weighted by Crippen LogP contribution is 2.24. The Hall–Kier alpha value is -0.700. The molecule has 0 atom stereocenters. The van der Waals surface area contributed by atoms with Gasteiger partial charge in [-0.3, -0.25) is 0 Å². The summed E-state index contributed by atoms with van der Waals surface area (Å²) in [6.07, 6.45) is 3.22.